The summed E-state index contributed by atoms with van der Waals surface area (Å²) in [5.41, 5.74) is -0.352. The zero-order valence-electron chi connectivity index (χ0n) is 9.21. The molecule has 1 saturated heterocycles. The van der Waals surface area contributed by atoms with Gasteiger partial charge in [-0.25, -0.2) is 0 Å². The molecule has 0 aromatic carbocycles. The van der Waals surface area contributed by atoms with Crippen LogP contribution in [0.5, 0.6) is 0 Å². The Labute approximate surface area is 90.5 Å². The summed E-state index contributed by atoms with van der Waals surface area (Å²) in [7, 11) is 0. The molecule has 2 aliphatic rings. The van der Waals surface area contributed by atoms with Crippen LogP contribution in [-0.4, -0.2) is 31.1 Å². The molecule has 1 heterocycles. The topological polar surface area (TPSA) is 54.3 Å². The van der Waals surface area contributed by atoms with Crippen molar-refractivity contribution in [1.82, 2.24) is 5.32 Å². The number of ether oxygens (including phenoxy) is 2. The van der Waals surface area contributed by atoms with Gasteiger partial charge in [0, 0.05) is 12.8 Å². The van der Waals surface area contributed by atoms with E-state index in [4.69, 9.17) is 9.47 Å². The minimum atomic E-state index is -0.365. The fourth-order valence-electron chi connectivity index (χ4n) is 2.51. The number of nitrogens with one attached hydrogen (secondary N) is 1. The van der Waals surface area contributed by atoms with Crippen molar-refractivity contribution in [2.45, 2.75) is 43.9 Å². The molecule has 2 rings (SSSR count). The SMILES string of the molecule is CCNC1(C#N)CCC2(CC1)OCCO2. The van der Waals surface area contributed by atoms with Crippen molar-refractivity contribution in [2.75, 3.05) is 19.8 Å². The van der Waals surface area contributed by atoms with E-state index in [0.717, 1.165) is 32.2 Å². The Hall–Kier alpha value is -0.630. The molecule has 0 bridgehead atoms. The maximum absolute atomic E-state index is 9.21. The van der Waals surface area contributed by atoms with Gasteiger partial charge in [-0.05, 0) is 19.4 Å². The lowest BCUT2D eigenvalue weighted by Gasteiger charge is -2.40. The van der Waals surface area contributed by atoms with E-state index in [1.165, 1.54) is 0 Å². The summed E-state index contributed by atoms with van der Waals surface area (Å²) in [6, 6.07) is 2.40. The molecule has 1 spiro atoms. The number of rotatable bonds is 2. The normalized spacial score (nSPS) is 27.7. The van der Waals surface area contributed by atoms with Crippen molar-refractivity contribution >= 4 is 0 Å². The van der Waals surface area contributed by atoms with Crippen LogP contribution < -0.4 is 5.32 Å². The van der Waals surface area contributed by atoms with Gasteiger partial charge >= 0.3 is 0 Å². The molecule has 1 N–H and O–H groups in total. The van der Waals surface area contributed by atoms with E-state index in [-0.39, 0.29) is 11.3 Å². The third-order valence-corrected chi connectivity index (χ3v) is 3.41. The van der Waals surface area contributed by atoms with E-state index in [1.807, 2.05) is 6.92 Å². The zero-order chi connectivity index (χ0) is 10.8. The minimum Gasteiger partial charge on any atom is -0.348 e. The van der Waals surface area contributed by atoms with Crippen LogP contribution in [0.25, 0.3) is 0 Å². The van der Waals surface area contributed by atoms with Crippen molar-refractivity contribution in [3.8, 4) is 6.07 Å². The molecular weight excluding hydrogens is 192 g/mol. The second-order valence-electron chi connectivity index (χ2n) is 4.33. The van der Waals surface area contributed by atoms with E-state index < -0.39 is 0 Å². The predicted molar refractivity (Wildman–Crippen MR) is 55.1 cm³/mol. The first-order chi connectivity index (χ1) is 7.24. The Kier molecular flexibility index (Phi) is 2.96. The van der Waals surface area contributed by atoms with Crippen LogP contribution in [0.2, 0.25) is 0 Å². The van der Waals surface area contributed by atoms with Gasteiger partial charge in [0.25, 0.3) is 0 Å². The van der Waals surface area contributed by atoms with Gasteiger partial charge in [0.05, 0.1) is 19.3 Å². The maximum atomic E-state index is 9.21. The van der Waals surface area contributed by atoms with Crippen molar-refractivity contribution in [2.24, 2.45) is 0 Å². The summed E-state index contributed by atoms with van der Waals surface area (Å²) in [5.74, 6) is -0.365. The summed E-state index contributed by atoms with van der Waals surface area (Å²) >= 11 is 0. The van der Waals surface area contributed by atoms with Crippen LogP contribution in [0, 0.1) is 11.3 Å². The summed E-state index contributed by atoms with van der Waals surface area (Å²) < 4.78 is 11.3. The number of nitriles is 1. The van der Waals surface area contributed by atoms with Crippen molar-refractivity contribution in [3.05, 3.63) is 0 Å². The average molecular weight is 210 g/mol. The van der Waals surface area contributed by atoms with E-state index in [1.54, 1.807) is 0 Å². The quantitative estimate of drug-likeness (QED) is 0.743. The summed E-state index contributed by atoms with van der Waals surface area (Å²) in [6.45, 7) is 4.26. The molecule has 1 aliphatic carbocycles. The van der Waals surface area contributed by atoms with Gasteiger partial charge in [0.15, 0.2) is 5.79 Å². The smallest absolute Gasteiger partial charge is 0.168 e. The molecule has 0 aromatic heterocycles. The highest BCUT2D eigenvalue weighted by atomic mass is 16.7. The highest BCUT2D eigenvalue weighted by molar-refractivity contribution is 5.10. The van der Waals surface area contributed by atoms with Gasteiger partial charge in [-0.15, -0.1) is 0 Å². The fourth-order valence-corrected chi connectivity index (χ4v) is 2.51. The minimum absolute atomic E-state index is 0.352. The molecule has 84 valence electrons. The largest absolute Gasteiger partial charge is 0.348 e. The molecule has 0 amide bonds. The van der Waals surface area contributed by atoms with Crippen LogP contribution in [0.1, 0.15) is 32.6 Å². The Morgan fingerprint density at radius 3 is 2.27 bits per heavy atom. The van der Waals surface area contributed by atoms with Crippen LogP contribution in [0.15, 0.2) is 0 Å². The predicted octanol–water partition coefficient (Wildman–Crippen LogP) is 1.18. The van der Waals surface area contributed by atoms with Gasteiger partial charge in [0.1, 0.15) is 5.54 Å². The first kappa shape index (κ1) is 10.9. The second kappa shape index (κ2) is 4.09. The number of hydrogen-bond acceptors (Lipinski definition) is 4. The number of hydrogen-bond donors (Lipinski definition) is 1. The Morgan fingerprint density at radius 1 is 1.20 bits per heavy atom. The van der Waals surface area contributed by atoms with E-state index in [9.17, 15) is 5.26 Å². The molecule has 15 heavy (non-hydrogen) atoms. The van der Waals surface area contributed by atoms with Gasteiger partial charge in [0.2, 0.25) is 0 Å². The molecule has 1 saturated carbocycles. The van der Waals surface area contributed by atoms with Gasteiger partial charge in [-0.1, -0.05) is 6.92 Å². The lowest BCUT2D eigenvalue weighted by molar-refractivity contribution is -0.183. The molecule has 1 aliphatic heterocycles. The van der Waals surface area contributed by atoms with Gasteiger partial charge in [-0.3, -0.25) is 5.32 Å². The molecule has 0 unspecified atom stereocenters. The Balaban J connectivity index is 1.98. The molecule has 4 heteroatoms. The average Bonchev–Trinajstić information content (AvgIpc) is 2.72. The van der Waals surface area contributed by atoms with Crippen molar-refractivity contribution in [3.63, 3.8) is 0 Å². The third-order valence-electron chi connectivity index (χ3n) is 3.41. The van der Waals surface area contributed by atoms with E-state index in [0.29, 0.717) is 13.2 Å². The van der Waals surface area contributed by atoms with E-state index >= 15 is 0 Å². The zero-order valence-corrected chi connectivity index (χ0v) is 9.21. The summed E-state index contributed by atoms with van der Waals surface area (Å²) in [5, 5.41) is 12.5. The van der Waals surface area contributed by atoms with Crippen LogP contribution in [-0.2, 0) is 9.47 Å². The number of nitrogens with zero attached hydrogens (tertiary/aromatic N) is 1. The highest BCUT2D eigenvalue weighted by Crippen LogP contribution is 2.39. The first-order valence-electron chi connectivity index (χ1n) is 5.68. The fraction of sp³-hybridized carbons (Fsp3) is 0.909. The molecule has 0 aromatic rings. The van der Waals surface area contributed by atoms with Crippen molar-refractivity contribution in [1.29, 1.82) is 5.26 Å². The standard InChI is InChI=1S/C11H18N2O2/c1-2-13-10(9-12)3-5-11(6-4-10)14-7-8-15-11/h13H,2-8H2,1H3. The Morgan fingerprint density at radius 2 is 1.80 bits per heavy atom. The highest BCUT2D eigenvalue weighted by Gasteiger charge is 2.46. The monoisotopic (exact) mass is 210 g/mol. The van der Waals surface area contributed by atoms with Crippen LogP contribution >= 0.6 is 0 Å². The van der Waals surface area contributed by atoms with E-state index in [2.05, 4.69) is 11.4 Å². The molecule has 0 radical (unpaired) electrons. The second-order valence-corrected chi connectivity index (χ2v) is 4.33. The first-order valence-corrected chi connectivity index (χ1v) is 5.68. The summed E-state index contributed by atoms with van der Waals surface area (Å²) in [6.07, 6.45) is 3.29. The molecule has 2 fully saturated rings. The molecular formula is C11H18N2O2. The lowest BCUT2D eigenvalue weighted by atomic mass is 9.79. The molecule has 4 nitrogen and oxygen atoms in total. The lowest BCUT2D eigenvalue weighted by Crippen LogP contribution is -2.51. The third kappa shape index (κ3) is 2.00. The van der Waals surface area contributed by atoms with Crippen molar-refractivity contribution < 1.29 is 9.47 Å². The Bertz CT molecular complexity index is 256. The van der Waals surface area contributed by atoms with Crippen LogP contribution in [0.4, 0.5) is 0 Å². The molecule has 0 atom stereocenters. The van der Waals surface area contributed by atoms with Gasteiger partial charge < -0.3 is 9.47 Å². The maximum Gasteiger partial charge on any atom is 0.168 e. The van der Waals surface area contributed by atoms with Gasteiger partial charge in [-0.2, -0.15) is 5.26 Å². The van der Waals surface area contributed by atoms with Crippen LogP contribution in [0.3, 0.4) is 0 Å². The summed E-state index contributed by atoms with van der Waals surface area (Å²) in [4.78, 5) is 0.